The first-order chi connectivity index (χ1) is 8.90. The van der Waals surface area contributed by atoms with E-state index < -0.39 is 10.0 Å². The maximum Gasteiger partial charge on any atom is 0.213 e. The van der Waals surface area contributed by atoms with Crippen molar-refractivity contribution in [2.24, 2.45) is 5.92 Å². The molecule has 1 aliphatic heterocycles. The van der Waals surface area contributed by atoms with Gasteiger partial charge in [-0.1, -0.05) is 11.6 Å². The molecule has 1 aromatic heterocycles. The quantitative estimate of drug-likeness (QED) is 0.825. The van der Waals surface area contributed by atoms with Gasteiger partial charge in [0.15, 0.2) is 0 Å². The molecule has 0 spiro atoms. The lowest BCUT2D eigenvalue weighted by Crippen LogP contribution is -2.52. The lowest BCUT2D eigenvalue weighted by atomic mass is 10.0. The molecule has 2 rings (SSSR count). The Kier molecular flexibility index (Phi) is 4.27. The lowest BCUT2D eigenvalue weighted by molar-refractivity contribution is 0.212. The van der Waals surface area contributed by atoms with Crippen LogP contribution < -0.4 is 5.32 Å². The summed E-state index contributed by atoms with van der Waals surface area (Å²) < 4.78 is 24.6. The maximum atomic E-state index is 11.6. The van der Waals surface area contributed by atoms with Crippen molar-refractivity contribution in [1.29, 1.82) is 0 Å². The predicted molar refractivity (Wildman–Crippen MR) is 74.8 cm³/mol. The number of aromatic nitrogens is 2. The third-order valence-corrected chi connectivity index (χ3v) is 5.07. The molecule has 8 heteroatoms. The van der Waals surface area contributed by atoms with E-state index in [0.717, 1.165) is 0 Å². The molecular weight excluding hydrogens is 288 g/mol. The van der Waals surface area contributed by atoms with Gasteiger partial charge in [-0.3, -0.25) is 0 Å². The van der Waals surface area contributed by atoms with Crippen LogP contribution in [0.3, 0.4) is 0 Å². The van der Waals surface area contributed by atoms with Gasteiger partial charge in [-0.2, -0.15) is 0 Å². The lowest BCUT2D eigenvalue weighted by Gasteiger charge is -2.38. The second-order valence-electron chi connectivity index (χ2n) is 4.59. The van der Waals surface area contributed by atoms with Gasteiger partial charge in [0.2, 0.25) is 10.0 Å². The number of sulfonamides is 1. The second kappa shape index (κ2) is 5.60. The highest BCUT2D eigenvalue weighted by Crippen LogP contribution is 2.20. The molecule has 106 valence electrons. The molecule has 0 atom stereocenters. The van der Waals surface area contributed by atoms with E-state index >= 15 is 0 Å². The van der Waals surface area contributed by atoms with Gasteiger partial charge < -0.3 is 5.32 Å². The Morgan fingerprint density at radius 1 is 1.47 bits per heavy atom. The van der Waals surface area contributed by atoms with Crippen LogP contribution in [0.5, 0.6) is 0 Å². The molecule has 6 nitrogen and oxygen atoms in total. The number of nitrogens with zero attached hydrogens (tertiary/aromatic N) is 3. The summed E-state index contributed by atoms with van der Waals surface area (Å²) in [5.41, 5.74) is 0. The highest BCUT2D eigenvalue weighted by molar-refractivity contribution is 7.89. The Morgan fingerprint density at radius 3 is 2.74 bits per heavy atom. The summed E-state index contributed by atoms with van der Waals surface area (Å²) in [5, 5.41) is 3.56. The Hall–Kier alpha value is -0.920. The van der Waals surface area contributed by atoms with Gasteiger partial charge in [0.05, 0.1) is 5.75 Å². The first-order valence-corrected chi connectivity index (χ1v) is 8.12. The molecule has 0 unspecified atom stereocenters. The number of halogens is 1. The minimum Gasteiger partial charge on any atom is -0.370 e. The van der Waals surface area contributed by atoms with Gasteiger partial charge in [0, 0.05) is 31.6 Å². The SMILES string of the molecule is CCS(=O)(=O)N1CC(CNc2cc(Cl)nc(C)n2)C1. The zero-order chi connectivity index (χ0) is 14.0. The molecule has 0 bridgehead atoms. The smallest absolute Gasteiger partial charge is 0.213 e. The normalized spacial score (nSPS) is 17.2. The van der Waals surface area contributed by atoms with E-state index in [4.69, 9.17) is 11.6 Å². The van der Waals surface area contributed by atoms with Crippen molar-refractivity contribution in [3.05, 3.63) is 17.0 Å². The molecule has 0 aliphatic carbocycles. The molecule has 0 amide bonds. The topological polar surface area (TPSA) is 75.2 Å². The Bertz CT molecular complexity index is 538. The standard InChI is InChI=1S/C11H17ClN4O2S/c1-3-19(17,18)16-6-9(7-16)5-13-11-4-10(12)14-8(2)15-11/h4,9H,3,5-7H2,1-2H3,(H,13,14,15). The van der Waals surface area contributed by atoms with Crippen molar-refractivity contribution in [1.82, 2.24) is 14.3 Å². The third-order valence-electron chi connectivity index (χ3n) is 3.06. The number of anilines is 1. The molecule has 1 fully saturated rings. The van der Waals surface area contributed by atoms with E-state index in [-0.39, 0.29) is 5.75 Å². The zero-order valence-corrected chi connectivity index (χ0v) is 12.5. The van der Waals surface area contributed by atoms with Gasteiger partial charge in [-0.05, 0) is 13.8 Å². The van der Waals surface area contributed by atoms with Crippen molar-refractivity contribution in [3.63, 3.8) is 0 Å². The fraction of sp³-hybridized carbons (Fsp3) is 0.636. The van der Waals surface area contributed by atoms with Gasteiger partial charge in [0.25, 0.3) is 0 Å². The fourth-order valence-electron chi connectivity index (χ4n) is 1.93. The van der Waals surface area contributed by atoms with Crippen molar-refractivity contribution in [3.8, 4) is 0 Å². The van der Waals surface area contributed by atoms with Crippen LogP contribution in [0, 0.1) is 12.8 Å². The van der Waals surface area contributed by atoms with E-state index in [2.05, 4.69) is 15.3 Å². The van der Waals surface area contributed by atoms with Crippen LogP contribution >= 0.6 is 11.6 Å². The van der Waals surface area contributed by atoms with E-state index in [9.17, 15) is 8.42 Å². The largest absolute Gasteiger partial charge is 0.370 e. The van der Waals surface area contributed by atoms with Crippen LogP contribution in [0.25, 0.3) is 0 Å². The van der Waals surface area contributed by atoms with Crippen molar-refractivity contribution < 1.29 is 8.42 Å². The Labute approximate surface area is 118 Å². The highest BCUT2D eigenvalue weighted by atomic mass is 35.5. The molecule has 1 saturated heterocycles. The van der Waals surface area contributed by atoms with E-state index in [1.165, 1.54) is 4.31 Å². The van der Waals surface area contributed by atoms with Crippen LogP contribution in [0.15, 0.2) is 6.07 Å². The van der Waals surface area contributed by atoms with Crippen molar-refractivity contribution in [2.75, 3.05) is 30.7 Å². The monoisotopic (exact) mass is 304 g/mol. The molecule has 0 saturated carbocycles. The summed E-state index contributed by atoms with van der Waals surface area (Å²) in [6.07, 6.45) is 0. The molecular formula is C11H17ClN4O2S. The van der Waals surface area contributed by atoms with Gasteiger partial charge in [-0.15, -0.1) is 0 Å². The maximum absolute atomic E-state index is 11.6. The minimum absolute atomic E-state index is 0.161. The van der Waals surface area contributed by atoms with Gasteiger partial charge in [-0.25, -0.2) is 22.7 Å². The predicted octanol–water partition coefficient (Wildman–Crippen LogP) is 1.13. The van der Waals surface area contributed by atoms with Crippen LogP contribution in [-0.4, -0.2) is 48.1 Å². The van der Waals surface area contributed by atoms with Gasteiger partial charge in [0.1, 0.15) is 16.8 Å². The first kappa shape index (κ1) is 14.5. The number of hydrogen-bond donors (Lipinski definition) is 1. The summed E-state index contributed by atoms with van der Waals surface area (Å²) in [6.45, 7) is 5.26. The summed E-state index contributed by atoms with van der Waals surface area (Å²) in [4.78, 5) is 8.19. The van der Waals surface area contributed by atoms with E-state index in [1.54, 1.807) is 19.9 Å². The number of hydrogen-bond acceptors (Lipinski definition) is 5. The van der Waals surface area contributed by atoms with E-state index in [1.807, 2.05) is 0 Å². The van der Waals surface area contributed by atoms with E-state index in [0.29, 0.717) is 42.3 Å². The number of nitrogens with one attached hydrogen (secondary N) is 1. The molecule has 1 aromatic rings. The fourth-order valence-corrected chi connectivity index (χ4v) is 3.40. The number of aryl methyl sites for hydroxylation is 1. The highest BCUT2D eigenvalue weighted by Gasteiger charge is 2.34. The molecule has 0 radical (unpaired) electrons. The summed E-state index contributed by atoms with van der Waals surface area (Å²) in [7, 11) is -3.03. The van der Waals surface area contributed by atoms with Crippen molar-refractivity contribution >= 4 is 27.4 Å². The molecule has 19 heavy (non-hydrogen) atoms. The minimum atomic E-state index is -3.03. The Balaban J connectivity index is 1.83. The molecule has 1 aliphatic rings. The summed E-state index contributed by atoms with van der Waals surface area (Å²) >= 11 is 5.84. The van der Waals surface area contributed by atoms with Crippen molar-refractivity contribution in [2.45, 2.75) is 13.8 Å². The van der Waals surface area contributed by atoms with Crippen LogP contribution in [0.1, 0.15) is 12.7 Å². The molecule has 2 heterocycles. The molecule has 0 aromatic carbocycles. The first-order valence-electron chi connectivity index (χ1n) is 6.13. The van der Waals surface area contributed by atoms with Gasteiger partial charge >= 0.3 is 0 Å². The average molecular weight is 305 g/mol. The Morgan fingerprint density at radius 2 is 2.16 bits per heavy atom. The third kappa shape index (κ3) is 3.55. The van der Waals surface area contributed by atoms with Crippen LogP contribution in [0.4, 0.5) is 5.82 Å². The number of rotatable bonds is 5. The zero-order valence-electron chi connectivity index (χ0n) is 10.9. The summed E-state index contributed by atoms with van der Waals surface area (Å²) in [6, 6.07) is 1.66. The van der Waals surface area contributed by atoms with Crippen LogP contribution in [0.2, 0.25) is 5.15 Å². The summed E-state index contributed by atoms with van der Waals surface area (Å²) in [5.74, 6) is 1.76. The second-order valence-corrected chi connectivity index (χ2v) is 7.23. The average Bonchev–Trinajstić information content (AvgIpc) is 2.25. The van der Waals surface area contributed by atoms with Crippen LogP contribution in [-0.2, 0) is 10.0 Å². The molecule has 1 N–H and O–H groups in total.